The Balaban J connectivity index is 1.36. The van der Waals surface area contributed by atoms with Crippen LogP contribution in [0.2, 0.25) is 5.02 Å². The van der Waals surface area contributed by atoms with E-state index in [-0.39, 0.29) is 24.5 Å². The van der Waals surface area contributed by atoms with E-state index in [4.69, 9.17) is 11.6 Å². The van der Waals surface area contributed by atoms with Crippen LogP contribution >= 0.6 is 23.4 Å². The molecule has 0 saturated carbocycles. The largest absolute Gasteiger partial charge is 0.326 e. The van der Waals surface area contributed by atoms with Crippen molar-refractivity contribution in [2.45, 2.75) is 24.5 Å². The molecule has 0 saturated heterocycles. The van der Waals surface area contributed by atoms with Crippen LogP contribution in [0.25, 0.3) is 11.3 Å². The van der Waals surface area contributed by atoms with Crippen molar-refractivity contribution >= 4 is 40.7 Å². The molecular weight excluding hydrogens is 394 g/mol. The lowest BCUT2D eigenvalue weighted by Gasteiger charge is -2.07. The number of benzene rings is 2. The van der Waals surface area contributed by atoms with E-state index in [0.29, 0.717) is 16.3 Å². The Kier molecular flexibility index (Phi) is 5.50. The molecular formula is C21H18ClN3O2S. The van der Waals surface area contributed by atoms with Gasteiger partial charge in [-0.25, -0.2) is 4.98 Å². The lowest BCUT2D eigenvalue weighted by atomic mass is 10.1. The highest BCUT2D eigenvalue weighted by Crippen LogP contribution is 2.29. The van der Waals surface area contributed by atoms with Crippen LogP contribution in [-0.2, 0) is 11.3 Å². The maximum Gasteiger partial charge on any atom is 0.224 e. The molecule has 4 rings (SSSR count). The van der Waals surface area contributed by atoms with E-state index in [0.717, 1.165) is 28.7 Å². The number of thioether (sulfide) groups is 1. The molecule has 0 fully saturated rings. The van der Waals surface area contributed by atoms with Crippen molar-refractivity contribution in [3.8, 4) is 11.3 Å². The topological polar surface area (TPSA) is 64.0 Å². The Bertz CT molecular complexity index is 1010. The summed E-state index contributed by atoms with van der Waals surface area (Å²) in [4.78, 5) is 29.1. The molecule has 1 N–H and O–H groups in total. The first-order chi connectivity index (χ1) is 13.6. The smallest absolute Gasteiger partial charge is 0.224 e. The molecule has 0 atom stereocenters. The van der Waals surface area contributed by atoms with Gasteiger partial charge in [0.2, 0.25) is 5.91 Å². The summed E-state index contributed by atoms with van der Waals surface area (Å²) >= 11 is 7.58. The first kappa shape index (κ1) is 18.8. The third-order valence-corrected chi connectivity index (χ3v) is 5.71. The van der Waals surface area contributed by atoms with Crippen molar-refractivity contribution in [1.82, 2.24) is 9.55 Å². The third kappa shape index (κ3) is 4.29. The number of fused-ring (bicyclic) bond motifs is 1. The minimum atomic E-state index is -0.192. The molecule has 0 radical (unpaired) electrons. The monoisotopic (exact) mass is 411 g/mol. The van der Waals surface area contributed by atoms with Crippen LogP contribution < -0.4 is 5.32 Å². The standard InChI is InChI=1S/C21H18ClN3O2S/c22-16-6-4-14(5-7-16)19(26)8-9-20(27)23-17-3-1-2-15(12-17)18-13-25-10-11-28-21(25)24-18/h1-7,12-13H,8-11H2,(H,23,27). The Morgan fingerprint density at radius 2 is 1.96 bits per heavy atom. The number of anilines is 1. The van der Waals surface area contributed by atoms with E-state index in [1.165, 1.54) is 0 Å². The quantitative estimate of drug-likeness (QED) is 0.585. The molecule has 0 unspecified atom stereocenters. The average molecular weight is 412 g/mol. The van der Waals surface area contributed by atoms with Crippen LogP contribution in [0.3, 0.4) is 0 Å². The van der Waals surface area contributed by atoms with Crippen LogP contribution in [0.5, 0.6) is 0 Å². The lowest BCUT2D eigenvalue weighted by Crippen LogP contribution is -2.13. The van der Waals surface area contributed by atoms with Crippen LogP contribution in [0.1, 0.15) is 23.2 Å². The molecule has 1 aliphatic heterocycles. The van der Waals surface area contributed by atoms with Crippen LogP contribution in [-0.4, -0.2) is 27.0 Å². The number of aromatic nitrogens is 2. The normalized spacial score (nSPS) is 12.6. The molecule has 142 valence electrons. The van der Waals surface area contributed by atoms with Gasteiger partial charge in [-0.1, -0.05) is 35.5 Å². The highest BCUT2D eigenvalue weighted by atomic mass is 35.5. The van der Waals surface area contributed by atoms with Crippen molar-refractivity contribution in [3.05, 3.63) is 65.3 Å². The number of ketones is 1. The second kappa shape index (κ2) is 8.20. The fourth-order valence-corrected chi connectivity index (χ4v) is 4.10. The Morgan fingerprint density at radius 1 is 1.14 bits per heavy atom. The summed E-state index contributed by atoms with van der Waals surface area (Å²) in [6.45, 7) is 0.977. The van der Waals surface area contributed by atoms with E-state index < -0.39 is 0 Å². The number of halogens is 1. The van der Waals surface area contributed by atoms with Gasteiger partial charge in [0.15, 0.2) is 10.9 Å². The van der Waals surface area contributed by atoms with Crippen molar-refractivity contribution in [1.29, 1.82) is 0 Å². The van der Waals surface area contributed by atoms with E-state index in [9.17, 15) is 9.59 Å². The Labute approximate surface area is 172 Å². The van der Waals surface area contributed by atoms with E-state index in [1.54, 1.807) is 36.0 Å². The summed E-state index contributed by atoms with van der Waals surface area (Å²) in [5.74, 6) is 0.793. The van der Waals surface area contributed by atoms with Gasteiger partial charge < -0.3 is 9.88 Å². The SMILES string of the molecule is O=C(CCC(=O)c1ccc(Cl)cc1)Nc1cccc(-c2cn3c(n2)SCC3)c1. The van der Waals surface area contributed by atoms with Gasteiger partial charge in [-0.3, -0.25) is 9.59 Å². The first-order valence-corrected chi connectivity index (χ1v) is 10.3. The van der Waals surface area contributed by atoms with E-state index >= 15 is 0 Å². The number of hydrogen-bond acceptors (Lipinski definition) is 4. The molecule has 2 aromatic carbocycles. The minimum Gasteiger partial charge on any atom is -0.326 e. The summed E-state index contributed by atoms with van der Waals surface area (Å²) in [7, 11) is 0. The predicted molar refractivity (Wildman–Crippen MR) is 112 cm³/mol. The number of nitrogens with one attached hydrogen (secondary N) is 1. The molecule has 2 heterocycles. The third-order valence-electron chi connectivity index (χ3n) is 4.49. The number of imidazole rings is 1. The molecule has 0 bridgehead atoms. The number of rotatable bonds is 6. The van der Waals surface area contributed by atoms with Gasteiger partial charge in [-0.15, -0.1) is 0 Å². The number of carbonyl (C=O) groups excluding carboxylic acids is 2. The summed E-state index contributed by atoms with van der Waals surface area (Å²) in [6.07, 6.45) is 2.32. The van der Waals surface area contributed by atoms with Gasteiger partial charge in [-0.2, -0.15) is 0 Å². The summed E-state index contributed by atoms with van der Waals surface area (Å²) in [5, 5.41) is 4.48. The number of amides is 1. The molecule has 1 aromatic heterocycles. The van der Waals surface area contributed by atoms with Gasteiger partial charge >= 0.3 is 0 Å². The number of aryl methyl sites for hydroxylation is 1. The molecule has 28 heavy (non-hydrogen) atoms. The molecule has 1 amide bonds. The average Bonchev–Trinajstić information content (AvgIpc) is 3.29. The zero-order chi connectivity index (χ0) is 19.5. The van der Waals surface area contributed by atoms with Crippen LogP contribution in [0, 0.1) is 0 Å². The summed E-state index contributed by atoms with van der Waals surface area (Å²) < 4.78 is 2.15. The lowest BCUT2D eigenvalue weighted by molar-refractivity contribution is -0.116. The fraction of sp³-hybridized carbons (Fsp3) is 0.190. The van der Waals surface area contributed by atoms with Gasteiger partial charge in [0.05, 0.1) is 5.69 Å². The van der Waals surface area contributed by atoms with Gasteiger partial charge in [0, 0.05) is 53.2 Å². The van der Waals surface area contributed by atoms with Crippen molar-refractivity contribution in [2.24, 2.45) is 0 Å². The molecule has 0 spiro atoms. The highest BCUT2D eigenvalue weighted by Gasteiger charge is 2.16. The number of carbonyl (C=O) groups is 2. The van der Waals surface area contributed by atoms with Gasteiger partial charge in [0.25, 0.3) is 0 Å². The number of hydrogen-bond donors (Lipinski definition) is 1. The maximum absolute atomic E-state index is 12.3. The Morgan fingerprint density at radius 3 is 2.75 bits per heavy atom. The van der Waals surface area contributed by atoms with Crippen molar-refractivity contribution in [3.63, 3.8) is 0 Å². The second-order valence-electron chi connectivity index (χ2n) is 6.51. The highest BCUT2D eigenvalue weighted by molar-refractivity contribution is 7.99. The van der Waals surface area contributed by atoms with Crippen molar-refractivity contribution in [2.75, 3.05) is 11.1 Å². The van der Waals surface area contributed by atoms with Crippen LogP contribution in [0.4, 0.5) is 5.69 Å². The van der Waals surface area contributed by atoms with Crippen molar-refractivity contribution < 1.29 is 9.59 Å². The Hall–Kier alpha value is -2.57. The maximum atomic E-state index is 12.3. The van der Waals surface area contributed by atoms with Gasteiger partial charge in [-0.05, 0) is 36.4 Å². The fourth-order valence-electron chi connectivity index (χ4n) is 3.04. The van der Waals surface area contributed by atoms with E-state index in [1.807, 2.05) is 30.5 Å². The molecule has 3 aromatic rings. The van der Waals surface area contributed by atoms with Gasteiger partial charge in [0.1, 0.15) is 0 Å². The molecule has 7 heteroatoms. The molecule has 1 aliphatic rings. The summed E-state index contributed by atoms with van der Waals surface area (Å²) in [5.41, 5.74) is 3.11. The zero-order valence-electron chi connectivity index (χ0n) is 15.0. The predicted octanol–water partition coefficient (Wildman–Crippen LogP) is 4.91. The van der Waals surface area contributed by atoms with E-state index in [2.05, 4.69) is 14.9 Å². The zero-order valence-corrected chi connectivity index (χ0v) is 16.6. The van der Waals surface area contributed by atoms with Crippen LogP contribution in [0.15, 0.2) is 59.9 Å². The molecule has 5 nitrogen and oxygen atoms in total. The number of nitrogens with zero attached hydrogens (tertiary/aromatic N) is 2. The second-order valence-corrected chi connectivity index (χ2v) is 8.01. The molecule has 0 aliphatic carbocycles. The minimum absolute atomic E-state index is 0.0782. The first-order valence-electron chi connectivity index (χ1n) is 8.97. The number of Topliss-reactive ketones (excluding diaryl/α,β-unsaturated/α-hetero) is 1. The summed E-state index contributed by atoms with van der Waals surface area (Å²) in [6, 6.07) is 14.3.